The second-order valence-electron chi connectivity index (χ2n) is 4.73. The molecule has 0 aromatic heterocycles. The lowest BCUT2D eigenvalue weighted by molar-refractivity contribution is -0.136. The highest BCUT2D eigenvalue weighted by Crippen LogP contribution is 2.29. The lowest BCUT2D eigenvalue weighted by Crippen LogP contribution is -2.30. The van der Waals surface area contributed by atoms with Crippen molar-refractivity contribution in [3.8, 4) is 0 Å². The maximum atomic E-state index is 12.1. The van der Waals surface area contributed by atoms with Gasteiger partial charge in [0.15, 0.2) is 0 Å². The van der Waals surface area contributed by atoms with Gasteiger partial charge in [-0.2, -0.15) is 24.9 Å². The van der Waals surface area contributed by atoms with Crippen molar-refractivity contribution < 1.29 is 13.2 Å². The van der Waals surface area contributed by atoms with Crippen molar-refractivity contribution in [1.29, 1.82) is 0 Å². The van der Waals surface area contributed by atoms with E-state index in [0.29, 0.717) is 5.25 Å². The number of hydrogen-bond donors (Lipinski definition) is 1. The Morgan fingerprint density at radius 1 is 1.24 bits per heavy atom. The van der Waals surface area contributed by atoms with Gasteiger partial charge in [-0.15, -0.1) is 0 Å². The van der Waals surface area contributed by atoms with Crippen LogP contribution in [0.5, 0.6) is 0 Å². The molecule has 0 aliphatic heterocycles. The molecule has 17 heavy (non-hydrogen) atoms. The van der Waals surface area contributed by atoms with E-state index in [9.17, 15) is 13.2 Å². The van der Waals surface area contributed by atoms with E-state index in [1.807, 2.05) is 11.8 Å². The quantitative estimate of drug-likeness (QED) is 0.782. The van der Waals surface area contributed by atoms with Crippen LogP contribution in [0.15, 0.2) is 0 Å². The average Bonchev–Trinajstić information content (AvgIpc) is 2.29. The summed E-state index contributed by atoms with van der Waals surface area (Å²) in [7, 11) is 1.75. The van der Waals surface area contributed by atoms with Gasteiger partial charge >= 0.3 is 6.18 Å². The third-order valence-electron chi connectivity index (χ3n) is 3.27. The third kappa shape index (κ3) is 7.19. The van der Waals surface area contributed by atoms with E-state index in [1.54, 1.807) is 7.05 Å². The van der Waals surface area contributed by atoms with Crippen LogP contribution >= 0.6 is 11.8 Å². The monoisotopic (exact) mass is 269 g/mol. The Labute approximate surface area is 106 Å². The molecule has 1 nitrogen and oxygen atoms in total. The molecule has 1 aliphatic rings. The van der Waals surface area contributed by atoms with Crippen LogP contribution < -0.4 is 5.32 Å². The molecule has 1 unspecified atom stereocenters. The van der Waals surface area contributed by atoms with Crippen LogP contribution in [0.2, 0.25) is 0 Å². The fourth-order valence-corrected chi connectivity index (χ4v) is 3.64. The van der Waals surface area contributed by atoms with Crippen LogP contribution in [-0.2, 0) is 0 Å². The molecule has 0 bridgehead atoms. The van der Waals surface area contributed by atoms with Gasteiger partial charge in [-0.3, -0.25) is 0 Å². The highest BCUT2D eigenvalue weighted by Gasteiger charge is 2.28. The van der Waals surface area contributed by atoms with Crippen molar-refractivity contribution in [2.24, 2.45) is 0 Å². The summed E-state index contributed by atoms with van der Waals surface area (Å²) < 4.78 is 36.3. The van der Waals surface area contributed by atoms with Crippen LogP contribution in [-0.4, -0.2) is 30.3 Å². The molecular formula is C12H22F3NS. The number of hydrogen-bond acceptors (Lipinski definition) is 2. The Morgan fingerprint density at radius 2 is 1.88 bits per heavy atom. The molecule has 0 spiro atoms. The Bertz CT molecular complexity index is 202. The standard InChI is InChI=1S/C12H22F3NS/c1-16-10(7-8-12(13,14)15)9-17-11-5-3-2-4-6-11/h10-11,16H,2-9H2,1H3. The Kier molecular flexibility index (Phi) is 6.70. The van der Waals surface area contributed by atoms with Crippen LogP contribution in [0.4, 0.5) is 13.2 Å². The predicted octanol–water partition coefficient (Wildman–Crippen LogP) is 3.98. The Morgan fingerprint density at radius 3 is 2.41 bits per heavy atom. The smallest absolute Gasteiger partial charge is 0.316 e. The van der Waals surface area contributed by atoms with Gasteiger partial charge < -0.3 is 5.32 Å². The zero-order chi connectivity index (χ0) is 12.7. The number of nitrogens with one attached hydrogen (secondary N) is 1. The van der Waals surface area contributed by atoms with Crippen molar-refractivity contribution in [2.45, 2.75) is 62.4 Å². The zero-order valence-electron chi connectivity index (χ0n) is 10.4. The molecule has 102 valence electrons. The van der Waals surface area contributed by atoms with Gasteiger partial charge in [0.1, 0.15) is 0 Å². The topological polar surface area (TPSA) is 12.0 Å². The molecule has 1 atom stereocenters. The highest BCUT2D eigenvalue weighted by molar-refractivity contribution is 7.99. The maximum absolute atomic E-state index is 12.1. The van der Waals surface area contributed by atoms with Gasteiger partial charge in [-0.1, -0.05) is 19.3 Å². The van der Waals surface area contributed by atoms with E-state index in [1.165, 1.54) is 32.1 Å². The molecule has 0 aromatic rings. The predicted molar refractivity (Wildman–Crippen MR) is 67.5 cm³/mol. The van der Waals surface area contributed by atoms with Gasteiger partial charge in [0, 0.05) is 23.5 Å². The maximum Gasteiger partial charge on any atom is 0.389 e. The summed E-state index contributed by atoms with van der Waals surface area (Å²) >= 11 is 1.85. The zero-order valence-corrected chi connectivity index (χ0v) is 11.2. The minimum Gasteiger partial charge on any atom is -0.316 e. The summed E-state index contributed by atoms with van der Waals surface area (Å²) in [5, 5.41) is 3.67. The first-order valence-electron chi connectivity index (χ1n) is 6.37. The third-order valence-corrected chi connectivity index (χ3v) is 4.81. The summed E-state index contributed by atoms with van der Waals surface area (Å²) in [6.45, 7) is 0. The van der Waals surface area contributed by atoms with E-state index in [4.69, 9.17) is 0 Å². The summed E-state index contributed by atoms with van der Waals surface area (Å²) in [6, 6.07) is -0.0106. The number of thioether (sulfide) groups is 1. The molecule has 0 heterocycles. The van der Waals surface area contributed by atoms with Crippen LogP contribution in [0, 0.1) is 0 Å². The first-order valence-corrected chi connectivity index (χ1v) is 7.42. The molecule has 0 aromatic carbocycles. The van der Waals surface area contributed by atoms with Crippen LogP contribution in [0.3, 0.4) is 0 Å². The minimum absolute atomic E-state index is 0.0106. The number of alkyl halides is 3. The van der Waals surface area contributed by atoms with Crippen LogP contribution in [0.25, 0.3) is 0 Å². The summed E-state index contributed by atoms with van der Waals surface area (Å²) in [4.78, 5) is 0. The van der Waals surface area contributed by atoms with Gasteiger partial charge in [0.2, 0.25) is 0 Å². The van der Waals surface area contributed by atoms with Gasteiger partial charge in [-0.05, 0) is 26.3 Å². The van der Waals surface area contributed by atoms with Gasteiger partial charge in [0.25, 0.3) is 0 Å². The summed E-state index contributed by atoms with van der Waals surface area (Å²) in [6.07, 6.45) is 1.85. The van der Waals surface area contributed by atoms with E-state index >= 15 is 0 Å². The van der Waals surface area contributed by atoms with Crippen molar-refractivity contribution in [1.82, 2.24) is 5.32 Å². The highest BCUT2D eigenvalue weighted by atomic mass is 32.2. The molecule has 0 amide bonds. The molecule has 5 heteroatoms. The molecule has 1 saturated carbocycles. The first kappa shape index (κ1) is 15.2. The van der Waals surface area contributed by atoms with Crippen molar-refractivity contribution in [3.05, 3.63) is 0 Å². The first-order chi connectivity index (χ1) is 8.01. The fourth-order valence-electron chi connectivity index (χ4n) is 2.13. The van der Waals surface area contributed by atoms with Crippen molar-refractivity contribution >= 4 is 11.8 Å². The molecule has 1 rings (SSSR count). The second kappa shape index (κ2) is 7.52. The SMILES string of the molecule is CNC(CCC(F)(F)F)CSC1CCCCC1. The number of rotatable bonds is 6. The Balaban J connectivity index is 2.17. The summed E-state index contributed by atoms with van der Waals surface area (Å²) in [5.74, 6) is 0.803. The van der Waals surface area contributed by atoms with Gasteiger partial charge in [0.05, 0.1) is 0 Å². The lowest BCUT2D eigenvalue weighted by Gasteiger charge is -2.24. The molecule has 1 fully saturated rings. The average molecular weight is 269 g/mol. The minimum atomic E-state index is -4.02. The molecule has 0 saturated heterocycles. The van der Waals surface area contributed by atoms with Crippen LogP contribution in [0.1, 0.15) is 44.9 Å². The molecule has 1 N–H and O–H groups in total. The molecular weight excluding hydrogens is 247 g/mol. The largest absolute Gasteiger partial charge is 0.389 e. The second-order valence-corrected chi connectivity index (χ2v) is 6.07. The normalized spacial score (nSPS) is 20.5. The van der Waals surface area contributed by atoms with Gasteiger partial charge in [-0.25, -0.2) is 0 Å². The lowest BCUT2D eigenvalue weighted by atomic mass is 10.0. The van der Waals surface area contributed by atoms with E-state index in [0.717, 1.165) is 5.75 Å². The molecule has 1 aliphatic carbocycles. The number of halogens is 3. The fraction of sp³-hybridized carbons (Fsp3) is 1.00. The van der Waals surface area contributed by atoms with Crippen molar-refractivity contribution in [3.63, 3.8) is 0 Å². The Hall–Kier alpha value is 0.100. The van der Waals surface area contributed by atoms with Crippen molar-refractivity contribution in [2.75, 3.05) is 12.8 Å². The molecule has 0 radical (unpaired) electrons. The van der Waals surface area contributed by atoms with E-state index in [-0.39, 0.29) is 12.5 Å². The summed E-state index contributed by atoms with van der Waals surface area (Å²) in [5.41, 5.74) is 0. The van der Waals surface area contributed by atoms with E-state index in [2.05, 4.69) is 5.32 Å². The van der Waals surface area contributed by atoms with E-state index < -0.39 is 12.6 Å².